The van der Waals surface area contributed by atoms with Gasteiger partial charge in [0.2, 0.25) is 0 Å². The van der Waals surface area contributed by atoms with E-state index in [4.69, 9.17) is 0 Å². The summed E-state index contributed by atoms with van der Waals surface area (Å²) in [6.45, 7) is 1.50. The van der Waals surface area contributed by atoms with Crippen LogP contribution >= 0.6 is 0 Å². The summed E-state index contributed by atoms with van der Waals surface area (Å²) in [6.07, 6.45) is 8.37. The minimum atomic E-state index is -0.184. The maximum absolute atomic E-state index is 11.5. The van der Waals surface area contributed by atoms with Crippen molar-refractivity contribution in [3.8, 4) is 6.07 Å². The zero-order valence-corrected chi connectivity index (χ0v) is 14.6. The molecule has 132 valence electrons. The summed E-state index contributed by atoms with van der Waals surface area (Å²) in [5, 5.41) is 22.0. The lowest BCUT2D eigenvalue weighted by Crippen LogP contribution is -2.43. The van der Waals surface area contributed by atoms with Gasteiger partial charge in [-0.1, -0.05) is 6.42 Å². The summed E-state index contributed by atoms with van der Waals surface area (Å²) in [5.41, 5.74) is 3.25. The smallest absolute Gasteiger partial charge is 0.162 e. The number of nitriles is 1. The molecule has 1 aliphatic carbocycles. The van der Waals surface area contributed by atoms with E-state index in [0.717, 1.165) is 37.2 Å². The van der Waals surface area contributed by atoms with Gasteiger partial charge in [-0.2, -0.15) is 5.26 Å². The number of aromatic nitrogens is 1. The maximum Gasteiger partial charge on any atom is 0.162 e. The first-order chi connectivity index (χ1) is 12.2. The zero-order valence-electron chi connectivity index (χ0n) is 14.6. The molecular weight excluding hydrogens is 316 g/mol. The number of nitrogens with zero attached hydrogens (tertiary/aromatic N) is 3. The van der Waals surface area contributed by atoms with Crippen LogP contribution in [0.15, 0.2) is 17.8 Å². The minimum absolute atomic E-state index is 0.121. The number of aldehydes is 1. The predicted molar refractivity (Wildman–Crippen MR) is 95.4 cm³/mol. The van der Waals surface area contributed by atoms with Gasteiger partial charge in [-0.15, -0.1) is 0 Å². The number of hydrogen-bond acceptors (Lipinski definition) is 6. The Morgan fingerprint density at radius 3 is 2.64 bits per heavy atom. The third kappa shape index (κ3) is 3.24. The third-order valence-corrected chi connectivity index (χ3v) is 5.70. The molecule has 0 aromatic carbocycles. The lowest BCUT2D eigenvalue weighted by atomic mass is 9.63. The van der Waals surface area contributed by atoms with Gasteiger partial charge in [-0.05, 0) is 37.2 Å². The van der Waals surface area contributed by atoms with E-state index in [1.807, 2.05) is 6.07 Å². The molecule has 2 aliphatic rings. The Morgan fingerprint density at radius 2 is 2.16 bits per heavy atom. The highest BCUT2D eigenvalue weighted by molar-refractivity contribution is 5.94. The first kappa shape index (κ1) is 17.4. The average Bonchev–Trinajstić information content (AvgIpc) is 2.64. The molecule has 0 bridgehead atoms. The fourth-order valence-electron chi connectivity index (χ4n) is 3.98. The summed E-state index contributed by atoms with van der Waals surface area (Å²) in [7, 11) is 1.78. The quantitative estimate of drug-likeness (QED) is 0.486. The van der Waals surface area contributed by atoms with Crippen LogP contribution in [-0.2, 0) is 11.4 Å². The van der Waals surface area contributed by atoms with Crippen molar-refractivity contribution < 1.29 is 9.90 Å². The molecule has 3 rings (SSSR count). The molecule has 25 heavy (non-hydrogen) atoms. The Kier molecular flexibility index (Phi) is 5.05. The zero-order chi connectivity index (χ0) is 17.9. The monoisotopic (exact) mass is 340 g/mol. The second kappa shape index (κ2) is 7.24. The molecule has 6 nitrogen and oxygen atoms in total. The molecule has 2 heterocycles. The largest absolute Gasteiger partial charge is 0.390 e. The van der Waals surface area contributed by atoms with Crippen molar-refractivity contribution in [2.45, 2.75) is 38.7 Å². The van der Waals surface area contributed by atoms with Crippen LogP contribution in [0.25, 0.3) is 5.70 Å². The van der Waals surface area contributed by atoms with Crippen LogP contribution < -0.4 is 5.32 Å². The van der Waals surface area contributed by atoms with Crippen molar-refractivity contribution in [2.24, 2.45) is 5.41 Å². The van der Waals surface area contributed by atoms with Crippen LogP contribution in [0.2, 0.25) is 0 Å². The highest BCUT2D eigenvalue weighted by Crippen LogP contribution is 2.50. The maximum atomic E-state index is 11.5. The van der Waals surface area contributed by atoms with E-state index in [9.17, 15) is 15.2 Å². The van der Waals surface area contributed by atoms with Crippen molar-refractivity contribution in [3.05, 3.63) is 29.1 Å². The van der Waals surface area contributed by atoms with Gasteiger partial charge in [-0.25, -0.2) is 0 Å². The minimum Gasteiger partial charge on any atom is -0.390 e. The molecule has 1 aromatic heterocycles. The van der Waals surface area contributed by atoms with E-state index in [-0.39, 0.29) is 12.2 Å². The van der Waals surface area contributed by atoms with Crippen LogP contribution in [0.3, 0.4) is 0 Å². The van der Waals surface area contributed by atoms with E-state index in [2.05, 4.69) is 15.2 Å². The molecule has 0 amide bonds. The van der Waals surface area contributed by atoms with E-state index >= 15 is 0 Å². The van der Waals surface area contributed by atoms with Gasteiger partial charge in [0.15, 0.2) is 6.29 Å². The number of allylic oxidation sites excluding steroid dienone is 1. The number of piperidine rings is 1. The van der Waals surface area contributed by atoms with Crippen LogP contribution in [-0.4, -0.2) is 41.4 Å². The molecule has 6 heteroatoms. The number of carbonyl (C=O) groups is 1. The number of anilines is 1. The van der Waals surface area contributed by atoms with Crippen LogP contribution in [0, 0.1) is 16.7 Å². The van der Waals surface area contributed by atoms with E-state index in [1.165, 1.54) is 19.3 Å². The van der Waals surface area contributed by atoms with Gasteiger partial charge in [0, 0.05) is 25.7 Å². The van der Waals surface area contributed by atoms with Crippen molar-refractivity contribution in [2.75, 3.05) is 25.5 Å². The second-order valence-electron chi connectivity index (χ2n) is 6.96. The SMILES string of the molecule is CNc1cnc(CO)cc1/C(=C(/C#N)C=O)N1CCC2(CCC2)CC1. The summed E-state index contributed by atoms with van der Waals surface area (Å²) in [5.74, 6) is 0. The van der Waals surface area contributed by atoms with Gasteiger partial charge in [-0.3, -0.25) is 9.78 Å². The fourth-order valence-corrected chi connectivity index (χ4v) is 3.98. The van der Waals surface area contributed by atoms with Crippen molar-refractivity contribution >= 4 is 17.7 Å². The number of nitrogens with one attached hydrogen (secondary N) is 1. The lowest BCUT2D eigenvalue weighted by Gasteiger charge is -2.49. The molecule has 2 N–H and O–H groups in total. The Bertz CT molecular complexity index is 721. The first-order valence-electron chi connectivity index (χ1n) is 8.79. The molecule has 1 spiro atoms. The van der Waals surface area contributed by atoms with Crippen molar-refractivity contribution in [3.63, 3.8) is 0 Å². The molecule has 1 aliphatic heterocycles. The second-order valence-corrected chi connectivity index (χ2v) is 6.96. The number of pyridine rings is 1. The normalized spacial score (nSPS) is 19.6. The number of rotatable bonds is 5. The summed E-state index contributed by atoms with van der Waals surface area (Å²) < 4.78 is 0. The Hall–Kier alpha value is -2.39. The van der Waals surface area contributed by atoms with Gasteiger partial charge in [0.05, 0.1) is 29.9 Å². The van der Waals surface area contributed by atoms with Crippen LogP contribution in [0.5, 0.6) is 0 Å². The highest BCUT2D eigenvalue weighted by Gasteiger charge is 2.40. The Labute approximate surface area is 148 Å². The van der Waals surface area contributed by atoms with Crippen LogP contribution in [0.1, 0.15) is 43.4 Å². The summed E-state index contributed by atoms with van der Waals surface area (Å²) in [6, 6.07) is 3.80. The number of aliphatic hydroxyl groups is 1. The van der Waals surface area contributed by atoms with E-state index in [0.29, 0.717) is 23.1 Å². The molecule has 0 radical (unpaired) electrons. The van der Waals surface area contributed by atoms with E-state index in [1.54, 1.807) is 19.3 Å². The molecule has 1 saturated heterocycles. The van der Waals surface area contributed by atoms with Gasteiger partial charge in [0.1, 0.15) is 11.6 Å². The van der Waals surface area contributed by atoms with Crippen molar-refractivity contribution in [1.82, 2.24) is 9.88 Å². The predicted octanol–water partition coefficient (Wildman–Crippen LogP) is 2.32. The van der Waals surface area contributed by atoms with E-state index < -0.39 is 0 Å². The summed E-state index contributed by atoms with van der Waals surface area (Å²) >= 11 is 0. The molecular formula is C19H24N4O2. The molecule has 1 aromatic rings. The molecule has 0 atom stereocenters. The van der Waals surface area contributed by atoms with Crippen molar-refractivity contribution in [1.29, 1.82) is 5.26 Å². The molecule has 2 fully saturated rings. The Balaban J connectivity index is 2.01. The van der Waals surface area contributed by atoms with Gasteiger partial charge < -0.3 is 15.3 Å². The Morgan fingerprint density at radius 1 is 1.44 bits per heavy atom. The molecule has 1 saturated carbocycles. The highest BCUT2D eigenvalue weighted by atomic mass is 16.3. The molecule has 0 unspecified atom stereocenters. The average molecular weight is 340 g/mol. The van der Waals surface area contributed by atoms with Gasteiger partial charge >= 0.3 is 0 Å². The number of hydrogen-bond donors (Lipinski definition) is 2. The fraction of sp³-hybridized carbons (Fsp3) is 0.526. The van der Waals surface area contributed by atoms with Crippen LogP contribution in [0.4, 0.5) is 5.69 Å². The lowest BCUT2D eigenvalue weighted by molar-refractivity contribution is -0.104. The number of carbonyl (C=O) groups excluding carboxylic acids is 1. The summed E-state index contributed by atoms with van der Waals surface area (Å²) in [4.78, 5) is 17.9. The first-order valence-corrected chi connectivity index (χ1v) is 8.79. The standard InChI is InChI=1S/C19H24N4O2/c1-21-17-11-22-15(13-25)9-16(17)18(14(10-20)12-24)23-7-5-19(6-8-23)3-2-4-19/h9,11-12,21,25H,2-8,13H2,1H3/b18-14+. The third-order valence-electron chi connectivity index (χ3n) is 5.70. The van der Waals surface area contributed by atoms with Gasteiger partial charge in [0.25, 0.3) is 0 Å². The number of aliphatic hydroxyl groups excluding tert-OH is 1. The topological polar surface area (TPSA) is 89.2 Å². The number of likely N-dealkylation sites (tertiary alicyclic amines) is 1.